The van der Waals surface area contributed by atoms with Crippen LogP contribution in [-0.2, 0) is 17.9 Å². The maximum Gasteiger partial charge on any atom is 0.244 e. The lowest BCUT2D eigenvalue weighted by atomic mass is 10.1. The Morgan fingerprint density at radius 3 is 2.90 bits per heavy atom. The van der Waals surface area contributed by atoms with Crippen molar-refractivity contribution in [1.29, 1.82) is 0 Å². The number of amides is 1. The molecule has 0 saturated carbocycles. The molecule has 20 heavy (non-hydrogen) atoms. The molecule has 0 aliphatic carbocycles. The van der Waals surface area contributed by atoms with Gasteiger partial charge in [0.15, 0.2) is 0 Å². The topological polar surface area (TPSA) is 69.1 Å². The van der Waals surface area contributed by atoms with Crippen LogP contribution in [0.3, 0.4) is 0 Å². The summed E-state index contributed by atoms with van der Waals surface area (Å²) >= 11 is 0. The average molecular weight is 273 g/mol. The summed E-state index contributed by atoms with van der Waals surface area (Å²) in [5, 5.41) is 4.06. The van der Waals surface area contributed by atoms with E-state index >= 15 is 0 Å². The Morgan fingerprint density at radius 2 is 2.20 bits per heavy atom. The minimum Gasteiger partial charge on any atom is -0.382 e. The second-order valence-electron chi connectivity index (χ2n) is 5.25. The van der Waals surface area contributed by atoms with Gasteiger partial charge in [-0.2, -0.15) is 5.10 Å². The molecule has 6 nitrogen and oxygen atoms in total. The maximum absolute atomic E-state index is 12.4. The molecule has 0 bridgehead atoms. The molecule has 0 fully saturated rings. The third-order valence-electron chi connectivity index (χ3n) is 3.97. The van der Waals surface area contributed by atoms with E-state index in [0.29, 0.717) is 5.82 Å². The van der Waals surface area contributed by atoms with Gasteiger partial charge in [-0.15, -0.1) is 0 Å². The fourth-order valence-electron chi connectivity index (χ4n) is 2.86. The van der Waals surface area contributed by atoms with Gasteiger partial charge in [-0.25, -0.2) is 0 Å². The average Bonchev–Trinajstić information content (AvgIpc) is 2.97. The number of aromatic nitrogens is 3. The third-order valence-corrected chi connectivity index (χ3v) is 3.97. The molecule has 1 atom stereocenters. The van der Waals surface area contributed by atoms with E-state index in [9.17, 15) is 4.79 Å². The highest BCUT2D eigenvalue weighted by molar-refractivity contribution is 5.76. The number of aryl methyl sites for hydroxylation is 1. The molecule has 3 rings (SSSR count). The van der Waals surface area contributed by atoms with Crippen LogP contribution in [0.1, 0.15) is 24.4 Å². The molecule has 6 heteroatoms. The summed E-state index contributed by atoms with van der Waals surface area (Å²) in [6, 6.07) is 6.00. The molecule has 0 aromatic carbocycles. The number of anilines is 1. The first-order valence-corrected chi connectivity index (χ1v) is 6.80. The van der Waals surface area contributed by atoms with Crippen molar-refractivity contribution in [2.24, 2.45) is 0 Å². The van der Waals surface area contributed by atoms with Gasteiger partial charge in [0.1, 0.15) is 12.4 Å². The second-order valence-corrected chi connectivity index (χ2v) is 5.25. The molecule has 2 aromatic heterocycles. The number of nitrogen functional groups attached to an aromatic ring is 1. The number of carbonyl (C=O) groups is 1. The first-order valence-electron chi connectivity index (χ1n) is 6.80. The number of rotatable bonds is 2. The van der Waals surface area contributed by atoms with E-state index in [1.165, 1.54) is 11.4 Å². The summed E-state index contributed by atoms with van der Waals surface area (Å²) in [6.45, 7) is 5.99. The molecule has 1 aliphatic rings. The number of hydrogen-bond acceptors (Lipinski definition) is 3. The first kappa shape index (κ1) is 12.8. The lowest BCUT2D eigenvalue weighted by Gasteiger charge is -2.35. The molecule has 106 valence electrons. The highest BCUT2D eigenvalue weighted by Gasteiger charge is 2.28. The van der Waals surface area contributed by atoms with Gasteiger partial charge in [0.05, 0.1) is 6.04 Å². The van der Waals surface area contributed by atoms with Crippen molar-refractivity contribution in [3.05, 3.63) is 35.8 Å². The minimum absolute atomic E-state index is 0.0747. The predicted molar refractivity (Wildman–Crippen MR) is 75.9 cm³/mol. The van der Waals surface area contributed by atoms with Crippen molar-refractivity contribution < 1.29 is 4.79 Å². The largest absolute Gasteiger partial charge is 0.382 e. The van der Waals surface area contributed by atoms with E-state index in [2.05, 4.69) is 35.6 Å². The van der Waals surface area contributed by atoms with Gasteiger partial charge in [-0.3, -0.25) is 9.48 Å². The lowest BCUT2D eigenvalue weighted by Crippen LogP contribution is -2.42. The molecule has 0 radical (unpaired) electrons. The van der Waals surface area contributed by atoms with Gasteiger partial charge < -0.3 is 15.2 Å². The molecular weight excluding hydrogens is 254 g/mol. The Kier molecular flexibility index (Phi) is 3.00. The Hall–Kier alpha value is -2.24. The number of hydrogen-bond donors (Lipinski definition) is 1. The van der Waals surface area contributed by atoms with Gasteiger partial charge in [-0.1, -0.05) is 0 Å². The van der Waals surface area contributed by atoms with Crippen LogP contribution in [0.5, 0.6) is 0 Å². The Bertz CT molecular complexity index is 642. The number of carbonyl (C=O) groups excluding carboxylic acids is 1. The SMILES string of the molecule is Cc1ccc2n1CCN(C(=O)Cn1ccc(N)n1)C2C. The van der Waals surface area contributed by atoms with Crippen LogP contribution < -0.4 is 5.73 Å². The van der Waals surface area contributed by atoms with Gasteiger partial charge >= 0.3 is 0 Å². The fraction of sp³-hybridized carbons (Fsp3) is 0.429. The number of nitrogens with zero attached hydrogens (tertiary/aromatic N) is 4. The van der Waals surface area contributed by atoms with Crippen LogP contribution in [0.4, 0.5) is 5.82 Å². The van der Waals surface area contributed by atoms with Crippen molar-refractivity contribution in [1.82, 2.24) is 19.2 Å². The van der Waals surface area contributed by atoms with E-state index in [4.69, 9.17) is 5.73 Å². The number of fused-ring (bicyclic) bond motifs is 1. The van der Waals surface area contributed by atoms with Gasteiger partial charge in [-0.05, 0) is 32.0 Å². The van der Waals surface area contributed by atoms with E-state index in [1.807, 2.05) is 4.90 Å². The molecule has 0 spiro atoms. The Morgan fingerprint density at radius 1 is 1.40 bits per heavy atom. The van der Waals surface area contributed by atoms with E-state index < -0.39 is 0 Å². The summed E-state index contributed by atoms with van der Waals surface area (Å²) in [7, 11) is 0. The van der Waals surface area contributed by atoms with Gasteiger partial charge in [0.25, 0.3) is 0 Å². The molecule has 1 unspecified atom stereocenters. The van der Waals surface area contributed by atoms with Crippen LogP contribution in [0.25, 0.3) is 0 Å². The first-order chi connectivity index (χ1) is 9.56. The zero-order valence-corrected chi connectivity index (χ0v) is 11.8. The van der Waals surface area contributed by atoms with Crippen molar-refractivity contribution in [2.45, 2.75) is 33.0 Å². The molecule has 2 N–H and O–H groups in total. The van der Waals surface area contributed by atoms with E-state index in [1.54, 1.807) is 16.9 Å². The van der Waals surface area contributed by atoms with Crippen LogP contribution in [0, 0.1) is 6.92 Å². The maximum atomic E-state index is 12.4. The summed E-state index contributed by atoms with van der Waals surface area (Å²) < 4.78 is 3.86. The molecule has 2 aromatic rings. The zero-order chi connectivity index (χ0) is 14.3. The van der Waals surface area contributed by atoms with E-state index in [-0.39, 0.29) is 18.5 Å². The van der Waals surface area contributed by atoms with Crippen molar-refractivity contribution >= 4 is 11.7 Å². The highest BCUT2D eigenvalue weighted by atomic mass is 16.2. The van der Waals surface area contributed by atoms with Crippen LogP contribution in [0.2, 0.25) is 0 Å². The summed E-state index contributed by atoms with van der Waals surface area (Å²) in [4.78, 5) is 14.3. The quantitative estimate of drug-likeness (QED) is 0.893. The van der Waals surface area contributed by atoms with Crippen LogP contribution in [0.15, 0.2) is 24.4 Å². The summed E-state index contributed by atoms with van der Waals surface area (Å²) in [5.41, 5.74) is 8.01. The lowest BCUT2D eigenvalue weighted by molar-refractivity contribution is -0.135. The Balaban J connectivity index is 1.76. The molecule has 3 heterocycles. The van der Waals surface area contributed by atoms with Gasteiger partial charge in [0, 0.05) is 30.7 Å². The summed E-state index contributed by atoms with van der Waals surface area (Å²) in [5.74, 6) is 0.514. The minimum atomic E-state index is 0.0747. The zero-order valence-electron chi connectivity index (χ0n) is 11.8. The van der Waals surface area contributed by atoms with Crippen molar-refractivity contribution in [2.75, 3.05) is 12.3 Å². The van der Waals surface area contributed by atoms with Crippen molar-refractivity contribution in [3.63, 3.8) is 0 Å². The molecule has 1 amide bonds. The monoisotopic (exact) mass is 273 g/mol. The Labute approximate surface area is 117 Å². The second kappa shape index (κ2) is 4.70. The van der Waals surface area contributed by atoms with E-state index in [0.717, 1.165) is 13.1 Å². The predicted octanol–water partition coefficient (Wildman–Crippen LogP) is 1.18. The smallest absolute Gasteiger partial charge is 0.244 e. The molecular formula is C14H19N5O. The van der Waals surface area contributed by atoms with Crippen molar-refractivity contribution in [3.8, 4) is 0 Å². The van der Waals surface area contributed by atoms with Crippen LogP contribution in [-0.4, -0.2) is 31.7 Å². The molecule has 0 saturated heterocycles. The van der Waals surface area contributed by atoms with Gasteiger partial charge in [0.2, 0.25) is 5.91 Å². The molecule has 1 aliphatic heterocycles. The normalized spacial score (nSPS) is 18.1. The summed E-state index contributed by atoms with van der Waals surface area (Å²) in [6.07, 6.45) is 1.73. The number of nitrogens with two attached hydrogens (primary N) is 1. The fourth-order valence-corrected chi connectivity index (χ4v) is 2.86. The standard InChI is InChI=1S/C14H19N5O/c1-10-3-4-12-11(2)19(8-7-18(10)12)14(20)9-17-6-5-13(15)16-17/h3-6,11H,7-9H2,1-2H3,(H2,15,16). The highest BCUT2D eigenvalue weighted by Crippen LogP contribution is 2.27. The van der Waals surface area contributed by atoms with Crippen LogP contribution >= 0.6 is 0 Å². The third kappa shape index (κ3) is 2.07.